The molecule has 0 amide bonds. The van der Waals surface area contributed by atoms with Gasteiger partial charge in [-0.2, -0.15) is 0 Å². The normalized spacial score (nSPS) is 20.9. The third-order valence-electron chi connectivity index (χ3n) is 5.42. The Labute approximate surface area is 160 Å². The largest absolute Gasteiger partial charge is 0.483 e. The smallest absolute Gasteiger partial charge is 0.173 e. The molecular weight excluding hydrogens is 340 g/mol. The van der Waals surface area contributed by atoms with Gasteiger partial charge in [0.1, 0.15) is 11.6 Å². The standard InChI is InChI=1S/C20H28N6O/c1-13(2)16-6-5-7-18(12-16)27-14(3)19-23-24-20(26(19)4)15-8-10-17(11-9-15)22-25-21/h5-7,12-15,17H,8-11H2,1-4H3/t14-,15?,17?/m1/s1. The zero-order valence-electron chi connectivity index (χ0n) is 16.5. The topological polar surface area (TPSA) is 88.7 Å². The van der Waals surface area contributed by atoms with E-state index < -0.39 is 0 Å². The molecule has 1 saturated carbocycles. The zero-order valence-corrected chi connectivity index (χ0v) is 16.5. The number of azide groups is 1. The van der Waals surface area contributed by atoms with Crippen LogP contribution in [0.1, 0.15) is 81.6 Å². The van der Waals surface area contributed by atoms with Crippen molar-refractivity contribution < 1.29 is 4.74 Å². The van der Waals surface area contributed by atoms with Crippen molar-refractivity contribution in [2.75, 3.05) is 0 Å². The summed E-state index contributed by atoms with van der Waals surface area (Å²) in [7, 11) is 2.01. The van der Waals surface area contributed by atoms with Gasteiger partial charge in [0.05, 0.1) is 0 Å². The van der Waals surface area contributed by atoms with Crippen molar-refractivity contribution in [3.63, 3.8) is 0 Å². The van der Waals surface area contributed by atoms with E-state index in [-0.39, 0.29) is 12.1 Å². The molecule has 1 aliphatic rings. The predicted molar refractivity (Wildman–Crippen MR) is 105 cm³/mol. The molecule has 1 aliphatic carbocycles. The minimum Gasteiger partial charge on any atom is -0.483 e. The molecule has 0 spiro atoms. The molecule has 3 rings (SSSR count). The number of rotatable bonds is 6. The summed E-state index contributed by atoms with van der Waals surface area (Å²) >= 11 is 0. The molecule has 1 fully saturated rings. The molecule has 1 heterocycles. The van der Waals surface area contributed by atoms with Gasteiger partial charge < -0.3 is 9.30 Å². The first-order valence-corrected chi connectivity index (χ1v) is 9.69. The summed E-state index contributed by atoms with van der Waals surface area (Å²) in [4.78, 5) is 2.93. The van der Waals surface area contributed by atoms with Gasteiger partial charge >= 0.3 is 0 Å². The van der Waals surface area contributed by atoms with Crippen molar-refractivity contribution >= 4 is 0 Å². The van der Waals surface area contributed by atoms with E-state index >= 15 is 0 Å². The maximum atomic E-state index is 8.60. The van der Waals surface area contributed by atoms with E-state index in [0.29, 0.717) is 11.8 Å². The van der Waals surface area contributed by atoms with Crippen molar-refractivity contribution in [2.45, 2.75) is 70.4 Å². The van der Waals surface area contributed by atoms with Crippen molar-refractivity contribution in [1.82, 2.24) is 14.8 Å². The molecular formula is C20H28N6O. The molecule has 0 aliphatic heterocycles. The van der Waals surface area contributed by atoms with Crippen molar-refractivity contribution in [3.8, 4) is 5.75 Å². The Balaban J connectivity index is 1.69. The van der Waals surface area contributed by atoms with Crippen LogP contribution in [0.15, 0.2) is 29.4 Å². The van der Waals surface area contributed by atoms with Gasteiger partial charge in [0.15, 0.2) is 11.9 Å². The summed E-state index contributed by atoms with van der Waals surface area (Å²) in [6.45, 7) is 6.36. The van der Waals surface area contributed by atoms with Crippen LogP contribution in [0.2, 0.25) is 0 Å². The zero-order chi connectivity index (χ0) is 19.4. The highest BCUT2D eigenvalue weighted by molar-refractivity contribution is 5.30. The monoisotopic (exact) mass is 368 g/mol. The molecule has 27 heavy (non-hydrogen) atoms. The Morgan fingerprint density at radius 1 is 1.19 bits per heavy atom. The molecule has 1 aromatic heterocycles. The first-order chi connectivity index (χ1) is 13.0. The average Bonchev–Trinajstić information content (AvgIpc) is 3.04. The van der Waals surface area contributed by atoms with Gasteiger partial charge in [0.25, 0.3) is 0 Å². The van der Waals surface area contributed by atoms with Gasteiger partial charge in [0, 0.05) is 23.9 Å². The van der Waals surface area contributed by atoms with E-state index in [4.69, 9.17) is 10.3 Å². The van der Waals surface area contributed by atoms with Crippen LogP contribution in [-0.2, 0) is 7.05 Å². The number of aromatic nitrogens is 3. The number of ether oxygens (including phenoxy) is 1. The fraction of sp³-hybridized carbons (Fsp3) is 0.600. The van der Waals surface area contributed by atoms with E-state index in [0.717, 1.165) is 43.1 Å². The van der Waals surface area contributed by atoms with E-state index in [2.05, 4.69) is 50.8 Å². The minimum atomic E-state index is -0.182. The second kappa shape index (κ2) is 8.44. The quantitative estimate of drug-likeness (QED) is 0.387. The maximum Gasteiger partial charge on any atom is 0.173 e. The van der Waals surface area contributed by atoms with Crippen LogP contribution < -0.4 is 4.74 Å². The highest BCUT2D eigenvalue weighted by Gasteiger charge is 2.27. The van der Waals surface area contributed by atoms with Gasteiger partial charge in [-0.1, -0.05) is 31.1 Å². The Morgan fingerprint density at radius 3 is 2.59 bits per heavy atom. The lowest BCUT2D eigenvalue weighted by Crippen LogP contribution is -2.19. The number of nitrogens with zero attached hydrogens (tertiary/aromatic N) is 6. The molecule has 0 saturated heterocycles. The second-order valence-electron chi connectivity index (χ2n) is 7.67. The van der Waals surface area contributed by atoms with Crippen molar-refractivity contribution in [3.05, 3.63) is 51.9 Å². The van der Waals surface area contributed by atoms with Crippen molar-refractivity contribution in [1.29, 1.82) is 0 Å². The molecule has 7 nitrogen and oxygen atoms in total. The van der Waals surface area contributed by atoms with Crippen LogP contribution in [0.4, 0.5) is 0 Å². The van der Waals surface area contributed by atoms with Gasteiger partial charge in [0.2, 0.25) is 0 Å². The summed E-state index contributed by atoms with van der Waals surface area (Å²) in [6.07, 6.45) is 3.58. The van der Waals surface area contributed by atoms with E-state index in [1.807, 2.05) is 26.1 Å². The van der Waals surface area contributed by atoms with Crippen LogP contribution in [0.25, 0.3) is 10.4 Å². The molecule has 7 heteroatoms. The van der Waals surface area contributed by atoms with Crippen LogP contribution in [0, 0.1) is 0 Å². The summed E-state index contributed by atoms with van der Waals surface area (Å²) in [6, 6.07) is 8.35. The van der Waals surface area contributed by atoms with Crippen LogP contribution in [0.3, 0.4) is 0 Å². The first kappa shape index (κ1) is 19.2. The Hall–Kier alpha value is -2.53. The van der Waals surface area contributed by atoms with Crippen molar-refractivity contribution in [2.24, 2.45) is 12.2 Å². The Bertz CT molecular complexity index is 816. The first-order valence-electron chi connectivity index (χ1n) is 9.69. The van der Waals surface area contributed by atoms with Crippen LogP contribution in [0.5, 0.6) is 5.75 Å². The second-order valence-corrected chi connectivity index (χ2v) is 7.67. The summed E-state index contributed by atoms with van der Waals surface area (Å²) in [5.74, 6) is 3.50. The van der Waals surface area contributed by atoms with Gasteiger partial charge in [-0.05, 0) is 61.8 Å². The average molecular weight is 368 g/mol. The Morgan fingerprint density at radius 2 is 1.93 bits per heavy atom. The molecule has 144 valence electrons. The fourth-order valence-electron chi connectivity index (χ4n) is 3.79. The van der Waals surface area contributed by atoms with Crippen LogP contribution in [-0.4, -0.2) is 20.8 Å². The molecule has 2 aromatic rings. The Kier molecular flexibility index (Phi) is 6.01. The van der Waals surface area contributed by atoms with Gasteiger partial charge in [-0.25, -0.2) is 0 Å². The fourth-order valence-corrected chi connectivity index (χ4v) is 3.79. The third kappa shape index (κ3) is 4.42. The number of benzene rings is 1. The maximum absolute atomic E-state index is 8.60. The molecule has 0 unspecified atom stereocenters. The molecule has 1 atom stereocenters. The summed E-state index contributed by atoms with van der Waals surface area (Å²) in [5, 5.41) is 12.7. The number of hydrogen-bond acceptors (Lipinski definition) is 4. The molecule has 0 N–H and O–H groups in total. The number of hydrogen-bond donors (Lipinski definition) is 0. The summed E-state index contributed by atoms with van der Waals surface area (Å²) in [5.41, 5.74) is 9.86. The molecule has 0 bridgehead atoms. The highest BCUT2D eigenvalue weighted by Crippen LogP contribution is 2.34. The molecule has 0 radical (unpaired) electrons. The molecule has 1 aromatic carbocycles. The van der Waals surface area contributed by atoms with Gasteiger partial charge in [-0.3, -0.25) is 0 Å². The summed E-state index contributed by atoms with van der Waals surface area (Å²) < 4.78 is 8.21. The van der Waals surface area contributed by atoms with E-state index in [1.165, 1.54) is 5.56 Å². The minimum absolute atomic E-state index is 0.120. The lowest BCUT2D eigenvalue weighted by atomic mass is 9.86. The SMILES string of the molecule is CC(C)c1cccc(O[C@H](C)c2nnc(C3CCC(N=[N+]=[N-])CC3)n2C)c1. The van der Waals surface area contributed by atoms with Crippen LogP contribution >= 0.6 is 0 Å². The highest BCUT2D eigenvalue weighted by atomic mass is 16.5. The lowest BCUT2D eigenvalue weighted by Gasteiger charge is -2.25. The van der Waals surface area contributed by atoms with E-state index in [9.17, 15) is 0 Å². The van der Waals surface area contributed by atoms with E-state index in [1.54, 1.807) is 0 Å². The third-order valence-corrected chi connectivity index (χ3v) is 5.42. The predicted octanol–water partition coefficient (Wildman–Crippen LogP) is 5.42. The van der Waals surface area contributed by atoms with Gasteiger partial charge in [-0.15, -0.1) is 10.2 Å². The lowest BCUT2D eigenvalue weighted by molar-refractivity contribution is 0.211.